The van der Waals surface area contributed by atoms with Gasteiger partial charge in [-0.15, -0.1) is 0 Å². The maximum absolute atomic E-state index is 13.3. The van der Waals surface area contributed by atoms with E-state index in [1.54, 1.807) is 5.32 Å². The minimum atomic E-state index is -4.93. The second-order valence-electron chi connectivity index (χ2n) is 3.56. The third kappa shape index (κ3) is 3.78. The normalized spacial score (nSPS) is 13.2. The van der Waals surface area contributed by atoms with Crippen molar-refractivity contribution in [3.63, 3.8) is 0 Å². The number of anilines is 1. The molecule has 19 heavy (non-hydrogen) atoms. The molecule has 0 radical (unpaired) electrons. The van der Waals surface area contributed by atoms with Gasteiger partial charge in [-0.2, -0.15) is 13.2 Å². The Balaban J connectivity index is 2.88. The molecule has 0 spiro atoms. The molecule has 0 saturated heterocycles. The highest BCUT2D eigenvalue weighted by atomic mass is 19.4. The van der Waals surface area contributed by atoms with E-state index in [-0.39, 0.29) is 0 Å². The molecule has 0 saturated carbocycles. The van der Waals surface area contributed by atoms with Gasteiger partial charge in [0.1, 0.15) is 17.3 Å². The quantitative estimate of drug-likeness (QED) is 0.740. The van der Waals surface area contributed by atoms with Gasteiger partial charge in [0.05, 0.1) is 5.56 Å². The topological polar surface area (TPSA) is 69.6 Å². The van der Waals surface area contributed by atoms with Crippen molar-refractivity contribution in [1.29, 1.82) is 0 Å². The number of benzene rings is 1. The number of aromatic carboxylic acids is 1. The molecule has 0 aliphatic heterocycles. The molecular weight excluding hydrogens is 277 g/mol. The van der Waals surface area contributed by atoms with Gasteiger partial charge >= 0.3 is 12.1 Å². The van der Waals surface area contributed by atoms with Crippen molar-refractivity contribution in [2.45, 2.75) is 12.3 Å². The van der Waals surface area contributed by atoms with Gasteiger partial charge in [-0.3, -0.25) is 0 Å². The molecule has 4 nitrogen and oxygen atoms in total. The van der Waals surface area contributed by atoms with Gasteiger partial charge in [0, 0.05) is 6.54 Å². The molecule has 106 valence electrons. The second-order valence-corrected chi connectivity index (χ2v) is 3.56. The molecule has 0 amide bonds. The fourth-order valence-corrected chi connectivity index (χ4v) is 1.18. The van der Waals surface area contributed by atoms with Crippen LogP contribution in [0.1, 0.15) is 10.4 Å². The van der Waals surface area contributed by atoms with Gasteiger partial charge in [-0.05, 0) is 12.1 Å². The number of hydrogen-bond donors (Lipinski definition) is 3. The zero-order chi connectivity index (χ0) is 14.8. The molecule has 1 atom stereocenters. The van der Waals surface area contributed by atoms with E-state index in [1.807, 2.05) is 0 Å². The Morgan fingerprint density at radius 2 is 1.74 bits per heavy atom. The first kappa shape index (κ1) is 15.2. The summed E-state index contributed by atoms with van der Waals surface area (Å²) < 4.78 is 62.5. The van der Waals surface area contributed by atoms with E-state index in [2.05, 4.69) is 0 Å². The third-order valence-electron chi connectivity index (χ3n) is 2.14. The molecule has 0 aromatic heterocycles. The highest BCUT2D eigenvalue weighted by Crippen LogP contribution is 2.23. The van der Waals surface area contributed by atoms with Crippen LogP contribution in [-0.2, 0) is 0 Å². The van der Waals surface area contributed by atoms with Crippen LogP contribution in [0.4, 0.5) is 27.6 Å². The predicted molar refractivity (Wildman–Crippen MR) is 53.9 cm³/mol. The van der Waals surface area contributed by atoms with Crippen LogP contribution < -0.4 is 5.32 Å². The summed E-state index contributed by atoms with van der Waals surface area (Å²) in [7, 11) is 0. The van der Waals surface area contributed by atoms with Crippen LogP contribution in [0.5, 0.6) is 0 Å². The lowest BCUT2D eigenvalue weighted by Crippen LogP contribution is -2.35. The maximum Gasteiger partial charge on any atom is 0.416 e. The number of carboxylic acid groups (broad SMARTS) is 1. The standard InChI is InChI=1S/C10H8F5NO3/c11-5-1-4(9(18)19)2-6(12)8(5)16-3-7(17)10(13,14)15/h1-2,7,16-17H,3H2,(H,18,19). The average molecular weight is 285 g/mol. The Kier molecular flexibility index (Phi) is 4.30. The number of halogens is 5. The lowest BCUT2D eigenvalue weighted by molar-refractivity contribution is -0.198. The van der Waals surface area contributed by atoms with Gasteiger partial charge in [0.15, 0.2) is 6.10 Å². The molecule has 1 rings (SSSR count). The minimum absolute atomic E-state index is 0.452. The second kappa shape index (κ2) is 5.39. The van der Waals surface area contributed by atoms with Crippen molar-refractivity contribution in [2.75, 3.05) is 11.9 Å². The fourth-order valence-electron chi connectivity index (χ4n) is 1.18. The van der Waals surface area contributed by atoms with Crippen LogP contribution in [0.2, 0.25) is 0 Å². The third-order valence-corrected chi connectivity index (χ3v) is 2.14. The van der Waals surface area contributed by atoms with Crippen molar-refractivity contribution in [2.24, 2.45) is 0 Å². The molecule has 1 aromatic carbocycles. The van der Waals surface area contributed by atoms with E-state index in [9.17, 15) is 26.7 Å². The number of aliphatic hydroxyl groups excluding tert-OH is 1. The van der Waals surface area contributed by atoms with Crippen molar-refractivity contribution in [3.05, 3.63) is 29.3 Å². The number of carbonyl (C=O) groups is 1. The van der Waals surface area contributed by atoms with Crippen LogP contribution in [-0.4, -0.2) is 35.0 Å². The van der Waals surface area contributed by atoms with Crippen LogP contribution in [0, 0.1) is 11.6 Å². The predicted octanol–water partition coefficient (Wildman–Crippen LogP) is 2.00. The lowest BCUT2D eigenvalue weighted by Gasteiger charge is -2.16. The number of nitrogens with one attached hydrogen (secondary N) is 1. The monoisotopic (exact) mass is 285 g/mol. The number of hydrogen-bond acceptors (Lipinski definition) is 3. The first-order valence-electron chi connectivity index (χ1n) is 4.84. The van der Waals surface area contributed by atoms with E-state index < -0.39 is 47.7 Å². The van der Waals surface area contributed by atoms with Crippen LogP contribution in [0.15, 0.2) is 12.1 Å². The number of rotatable bonds is 4. The molecule has 0 heterocycles. The summed E-state index contributed by atoms with van der Waals surface area (Å²) in [4.78, 5) is 10.5. The Morgan fingerprint density at radius 3 is 2.11 bits per heavy atom. The van der Waals surface area contributed by atoms with Crippen LogP contribution in [0.3, 0.4) is 0 Å². The molecular formula is C10H8F5NO3. The van der Waals surface area contributed by atoms with Gasteiger partial charge in [-0.25, -0.2) is 13.6 Å². The lowest BCUT2D eigenvalue weighted by atomic mass is 10.2. The molecule has 0 bridgehead atoms. The minimum Gasteiger partial charge on any atom is -0.478 e. The maximum atomic E-state index is 13.3. The van der Waals surface area contributed by atoms with Gasteiger partial charge in [0.2, 0.25) is 0 Å². The van der Waals surface area contributed by atoms with Gasteiger partial charge in [0.25, 0.3) is 0 Å². The van der Waals surface area contributed by atoms with Crippen LogP contribution >= 0.6 is 0 Å². The molecule has 0 aliphatic rings. The summed E-state index contributed by atoms with van der Waals surface area (Å²) in [5, 5.41) is 18.9. The number of alkyl halides is 3. The van der Waals surface area contributed by atoms with Crippen LogP contribution in [0.25, 0.3) is 0 Å². The Morgan fingerprint density at radius 1 is 1.26 bits per heavy atom. The van der Waals surface area contributed by atoms with Gasteiger partial charge in [-0.1, -0.05) is 0 Å². The van der Waals surface area contributed by atoms with E-state index in [1.165, 1.54) is 0 Å². The van der Waals surface area contributed by atoms with E-state index in [0.717, 1.165) is 0 Å². The number of aliphatic hydroxyl groups is 1. The Bertz CT molecular complexity index is 466. The molecule has 1 aromatic rings. The highest BCUT2D eigenvalue weighted by molar-refractivity contribution is 5.88. The fraction of sp³-hybridized carbons (Fsp3) is 0.300. The SMILES string of the molecule is O=C(O)c1cc(F)c(NCC(O)C(F)(F)F)c(F)c1. The largest absolute Gasteiger partial charge is 0.478 e. The summed E-state index contributed by atoms with van der Waals surface area (Å²) in [5.41, 5.74) is -1.62. The molecule has 3 N–H and O–H groups in total. The summed E-state index contributed by atoms with van der Waals surface area (Å²) in [6, 6.07) is 0.904. The van der Waals surface area contributed by atoms with E-state index in [4.69, 9.17) is 10.2 Å². The molecule has 1 unspecified atom stereocenters. The summed E-state index contributed by atoms with van der Waals surface area (Å²) in [5.74, 6) is -4.32. The molecule has 9 heteroatoms. The van der Waals surface area contributed by atoms with E-state index >= 15 is 0 Å². The van der Waals surface area contributed by atoms with Gasteiger partial charge < -0.3 is 15.5 Å². The summed E-state index contributed by atoms with van der Waals surface area (Å²) >= 11 is 0. The van der Waals surface area contributed by atoms with Crippen molar-refractivity contribution in [1.82, 2.24) is 0 Å². The van der Waals surface area contributed by atoms with Crippen molar-refractivity contribution in [3.8, 4) is 0 Å². The number of carboxylic acids is 1. The van der Waals surface area contributed by atoms with Crippen molar-refractivity contribution < 1.29 is 37.0 Å². The average Bonchev–Trinajstić information content (AvgIpc) is 2.25. The first-order chi connectivity index (χ1) is 8.62. The first-order valence-corrected chi connectivity index (χ1v) is 4.84. The summed E-state index contributed by atoms with van der Waals surface area (Å²) in [6.07, 6.45) is -7.73. The smallest absolute Gasteiger partial charge is 0.416 e. The zero-order valence-corrected chi connectivity index (χ0v) is 9.13. The van der Waals surface area contributed by atoms with E-state index in [0.29, 0.717) is 12.1 Å². The highest BCUT2D eigenvalue weighted by Gasteiger charge is 2.38. The zero-order valence-electron chi connectivity index (χ0n) is 9.13. The molecule has 0 aliphatic carbocycles. The Labute approximate surface area is 103 Å². The van der Waals surface area contributed by atoms with Crippen molar-refractivity contribution >= 4 is 11.7 Å². The molecule has 0 fully saturated rings. The Hall–Kier alpha value is -1.90. The summed E-state index contributed by atoms with van der Waals surface area (Å²) in [6.45, 7) is -1.16.